The number of phenols is 1. The quantitative estimate of drug-likeness (QED) is 0.735. The number of carbonyl (C=O) groups excluding carboxylic acids is 1. The summed E-state index contributed by atoms with van der Waals surface area (Å²) >= 11 is 0. The van der Waals surface area contributed by atoms with Gasteiger partial charge >= 0.3 is 6.03 Å². The number of phenolic OH excluding ortho intramolecular Hbond substituents is 1. The molecule has 2 aromatic carbocycles. The predicted molar refractivity (Wildman–Crippen MR) is 89.9 cm³/mol. The second-order valence-corrected chi connectivity index (χ2v) is 5.16. The first-order valence-corrected chi connectivity index (χ1v) is 7.60. The predicted octanol–water partition coefficient (Wildman–Crippen LogP) is 2.49. The largest absolute Gasteiger partial charge is 0.508 e. The molecule has 0 bridgehead atoms. The third kappa shape index (κ3) is 5.54. The van der Waals surface area contributed by atoms with E-state index in [4.69, 9.17) is 4.74 Å². The highest BCUT2D eigenvalue weighted by Gasteiger charge is 2.03. The Morgan fingerprint density at radius 2 is 1.65 bits per heavy atom. The van der Waals surface area contributed by atoms with Crippen molar-refractivity contribution in [1.82, 2.24) is 10.6 Å². The summed E-state index contributed by atoms with van der Waals surface area (Å²) in [4.78, 5) is 11.7. The van der Waals surface area contributed by atoms with Crippen LogP contribution in [-0.4, -0.2) is 31.3 Å². The van der Waals surface area contributed by atoms with Gasteiger partial charge in [-0.15, -0.1) is 0 Å². The van der Waals surface area contributed by atoms with Gasteiger partial charge in [-0.2, -0.15) is 0 Å². The highest BCUT2D eigenvalue weighted by Crippen LogP contribution is 2.17. The van der Waals surface area contributed by atoms with Crippen LogP contribution >= 0.6 is 0 Å². The average Bonchev–Trinajstić information content (AvgIpc) is 2.57. The van der Waals surface area contributed by atoms with Gasteiger partial charge in [0.25, 0.3) is 0 Å². The van der Waals surface area contributed by atoms with Crippen LogP contribution in [0.25, 0.3) is 0 Å². The van der Waals surface area contributed by atoms with Crippen LogP contribution in [0.4, 0.5) is 4.79 Å². The number of hydrogen-bond acceptors (Lipinski definition) is 3. The lowest BCUT2D eigenvalue weighted by Crippen LogP contribution is -2.37. The fraction of sp³-hybridized carbons (Fsp3) is 0.278. The number of ether oxygens (including phenoxy) is 1. The van der Waals surface area contributed by atoms with Crippen LogP contribution in [0.15, 0.2) is 48.5 Å². The summed E-state index contributed by atoms with van der Waals surface area (Å²) < 4.78 is 5.28. The highest BCUT2D eigenvalue weighted by atomic mass is 16.5. The topological polar surface area (TPSA) is 70.6 Å². The molecule has 0 aromatic heterocycles. The van der Waals surface area contributed by atoms with Gasteiger partial charge in [0.2, 0.25) is 0 Å². The summed E-state index contributed by atoms with van der Waals surface area (Å²) in [6.07, 6.45) is 1.44. The Morgan fingerprint density at radius 1 is 1.00 bits per heavy atom. The molecule has 5 nitrogen and oxygen atoms in total. The van der Waals surface area contributed by atoms with Crippen molar-refractivity contribution in [2.75, 3.05) is 20.2 Å². The molecular weight excluding hydrogens is 292 g/mol. The van der Waals surface area contributed by atoms with Crippen LogP contribution in [-0.2, 0) is 12.8 Å². The van der Waals surface area contributed by atoms with E-state index in [-0.39, 0.29) is 11.8 Å². The van der Waals surface area contributed by atoms with E-state index in [9.17, 15) is 9.90 Å². The molecule has 5 heteroatoms. The highest BCUT2D eigenvalue weighted by molar-refractivity contribution is 5.73. The van der Waals surface area contributed by atoms with Crippen LogP contribution in [0.3, 0.4) is 0 Å². The number of aromatic hydroxyl groups is 1. The number of nitrogens with one attached hydrogen (secondary N) is 2. The number of rotatable bonds is 7. The molecular formula is C18H22N2O3. The summed E-state index contributed by atoms with van der Waals surface area (Å²) in [6, 6.07) is 14.6. The van der Waals surface area contributed by atoms with Crippen molar-refractivity contribution in [2.24, 2.45) is 0 Å². The van der Waals surface area contributed by atoms with E-state index in [0.29, 0.717) is 13.1 Å². The van der Waals surface area contributed by atoms with E-state index in [1.807, 2.05) is 36.4 Å². The maximum absolute atomic E-state index is 11.7. The summed E-state index contributed by atoms with van der Waals surface area (Å²) in [7, 11) is 1.64. The lowest BCUT2D eigenvalue weighted by molar-refractivity contribution is 0.241. The van der Waals surface area contributed by atoms with Gasteiger partial charge in [0.15, 0.2) is 0 Å². The van der Waals surface area contributed by atoms with Crippen LogP contribution in [0.1, 0.15) is 11.1 Å². The molecule has 0 unspecified atom stereocenters. The van der Waals surface area contributed by atoms with E-state index in [1.165, 1.54) is 0 Å². The SMILES string of the molecule is COc1ccccc1CCNC(=O)NCCc1ccc(O)cc1. The Morgan fingerprint density at radius 3 is 2.35 bits per heavy atom. The van der Waals surface area contributed by atoms with Crippen LogP contribution in [0.5, 0.6) is 11.5 Å². The van der Waals surface area contributed by atoms with E-state index in [0.717, 1.165) is 29.7 Å². The Kier molecular flexibility index (Phi) is 6.29. The standard InChI is InChI=1S/C18H22N2O3/c1-23-17-5-3-2-4-15(17)11-13-20-18(22)19-12-10-14-6-8-16(21)9-7-14/h2-9,21H,10-13H2,1H3,(H2,19,20,22). The van der Waals surface area contributed by atoms with Crippen LogP contribution < -0.4 is 15.4 Å². The molecule has 0 fully saturated rings. The van der Waals surface area contributed by atoms with Gasteiger partial charge in [-0.25, -0.2) is 4.79 Å². The van der Waals surface area contributed by atoms with Gasteiger partial charge in [-0.05, 0) is 42.2 Å². The fourth-order valence-electron chi connectivity index (χ4n) is 2.27. The fourth-order valence-corrected chi connectivity index (χ4v) is 2.27. The van der Waals surface area contributed by atoms with Crippen molar-refractivity contribution < 1.29 is 14.6 Å². The summed E-state index contributed by atoms with van der Waals surface area (Å²) in [5.41, 5.74) is 2.14. The maximum Gasteiger partial charge on any atom is 0.314 e. The van der Waals surface area contributed by atoms with Gasteiger partial charge in [0.1, 0.15) is 11.5 Å². The molecule has 0 saturated carbocycles. The maximum atomic E-state index is 11.7. The molecule has 122 valence electrons. The first kappa shape index (κ1) is 16.7. The van der Waals surface area contributed by atoms with Gasteiger partial charge in [-0.3, -0.25) is 0 Å². The van der Waals surface area contributed by atoms with Crippen molar-refractivity contribution in [3.8, 4) is 11.5 Å². The van der Waals surface area contributed by atoms with Crippen LogP contribution in [0, 0.1) is 0 Å². The van der Waals surface area contributed by atoms with Gasteiger partial charge in [0.05, 0.1) is 7.11 Å². The van der Waals surface area contributed by atoms with E-state index in [2.05, 4.69) is 10.6 Å². The molecule has 2 aromatic rings. The molecule has 0 spiro atoms. The minimum atomic E-state index is -0.182. The Hall–Kier alpha value is -2.69. The third-order valence-electron chi connectivity index (χ3n) is 3.51. The zero-order valence-corrected chi connectivity index (χ0v) is 13.2. The summed E-state index contributed by atoms with van der Waals surface area (Å²) in [5.74, 6) is 1.08. The average molecular weight is 314 g/mol. The zero-order valence-electron chi connectivity index (χ0n) is 13.2. The van der Waals surface area contributed by atoms with Crippen molar-refractivity contribution >= 4 is 6.03 Å². The molecule has 2 rings (SSSR count). The van der Waals surface area contributed by atoms with E-state index in [1.54, 1.807) is 19.2 Å². The van der Waals surface area contributed by atoms with Gasteiger partial charge < -0.3 is 20.5 Å². The van der Waals surface area contributed by atoms with Crippen molar-refractivity contribution in [3.05, 3.63) is 59.7 Å². The zero-order chi connectivity index (χ0) is 16.5. The van der Waals surface area contributed by atoms with Gasteiger partial charge in [-0.1, -0.05) is 30.3 Å². The Labute approximate surface area is 136 Å². The second-order valence-electron chi connectivity index (χ2n) is 5.16. The molecule has 0 heterocycles. The first-order chi connectivity index (χ1) is 11.2. The molecule has 2 amide bonds. The molecule has 0 saturated heterocycles. The number of hydrogen-bond donors (Lipinski definition) is 3. The normalized spacial score (nSPS) is 10.1. The monoisotopic (exact) mass is 314 g/mol. The minimum absolute atomic E-state index is 0.182. The number of para-hydroxylation sites is 1. The van der Waals surface area contributed by atoms with E-state index < -0.39 is 0 Å². The smallest absolute Gasteiger partial charge is 0.314 e. The molecule has 0 aliphatic carbocycles. The lowest BCUT2D eigenvalue weighted by atomic mass is 10.1. The number of amides is 2. The molecule has 0 radical (unpaired) electrons. The summed E-state index contributed by atoms with van der Waals surface area (Å²) in [6.45, 7) is 1.09. The van der Waals surface area contributed by atoms with Crippen molar-refractivity contribution in [3.63, 3.8) is 0 Å². The Balaban J connectivity index is 1.66. The third-order valence-corrected chi connectivity index (χ3v) is 3.51. The lowest BCUT2D eigenvalue weighted by Gasteiger charge is -2.10. The first-order valence-electron chi connectivity index (χ1n) is 7.60. The molecule has 23 heavy (non-hydrogen) atoms. The second kappa shape index (κ2) is 8.68. The number of carbonyl (C=O) groups is 1. The summed E-state index contributed by atoms with van der Waals surface area (Å²) in [5, 5.41) is 14.9. The Bertz CT molecular complexity index is 626. The van der Waals surface area contributed by atoms with Crippen molar-refractivity contribution in [2.45, 2.75) is 12.8 Å². The molecule has 0 aliphatic rings. The molecule has 3 N–H and O–H groups in total. The number of urea groups is 1. The van der Waals surface area contributed by atoms with Gasteiger partial charge in [0, 0.05) is 13.1 Å². The van der Waals surface area contributed by atoms with Crippen molar-refractivity contribution in [1.29, 1.82) is 0 Å². The van der Waals surface area contributed by atoms with E-state index >= 15 is 0 Å². The molecule has 0 atom stereocenters. The number of benzene rings is 2. The molecule has 0 aliphatic heterocycles. The van der Waals surface area contributed by atoms with Crippen LogP contribution in [0.2, 0.25) is 0 Å². The minimum Gasteiger partial charge on any atom is -0.508 e. The number of methoxy groups -OCH3 is 1.